The van der Waals surface area contributed by atoms with Gasteiger partial charge in [0.1, 0.15) is 0 Å². The van der Waals surface area contributed by atoms with Gasteiger partial charge in [-0.25, -0.2) is 0 Å². The summed E-state index contributed by atoms with van der Waals surface area (Å²) in [6, 6.07) is 17.9. The zero-order valence-corrected chi connectivity index (χ0v) is 18.4. The third-order valence-electron chi connectivity index (χ3n) is 6.71. The van der Waals surface area contributed by atoms with Crippen LogP contribution in [0.4, 0.5) is 0 Å². The number of hydrogen-bond acceptors (Lipinski definition) is 2. The molecule has 0 amide bonds. The molecular weight excluding hydrogens is 388 g/mol. The molecule has 1 saturated heterocycles. The van der Waals surface area contributed by atoms with E-state index in [9.17, 15) is 0 Å². The van der Waals surface area contributed by atoms with E-state index in [2.05, 4.69) is 82.3 Å². The third-order valence-corrected chi connectivity index (χ3v) is 7.03. The molecule has 5 rings (SSSR count). The van der Waals surface area contributed by atoms with Crippen LogP contribution < -0.4 is 5.32 Å². The lowest BCUT2D eigenvalue weighted by atomic mass is 9.99. The van der Waals surface area contributed by atoms with Crippen molar-refractivity contribution in [3.63, 3.8) is 0 Å². The van der Waals surface area contributed by atoms with Gasteiger partial charge in [0, 0.05) is 29.8 Å². The second-order valence-corrected chi connectivity index (χ2v) is 8.93. The summed E-state index contributed by atoms with van der Waals surface area (Å²) < 4.78 is 2.32. The fourth-order valence-electron chi connectivity index (χ4n) is 5.00. The number of hydrogen-bond donors (Lipinski definition) is 1. The fraction of sp³-hybridized carbons (Fsp3) is 0.360. The molecule has 1 aromatic carbocycles. The predicted molar refractivity (Wildman–Crippen MR) is 125 cm³/mol. The normalized spacial score (nSPS) is 21.9. The molecule has 2 aliphatic rings. The Morgan fingerprint density at radius 1 is 1.00 bits per heavy atom. The van der Waals surface area contributed by atoms with E-state index in [1.165, 1.54) is 48.2 Å². The van der Waals surface area contributed by atoms with Gasteiger partial charge in [-0.15, -0.1) is 0 Å². The zero-order chi connectivity index (χ0) is 20.7. The van der Waals surface area contributed by atoms with Crippen molar-refractivity contribution in [1.29, 1.82) is 0 Å². The smallest absolute Gasteiger partial charge is 0.170 e. The van der Waals surface area contributed by atoms with E-state index in [0.29, 0.717) is 6.04 Å². The SMILES string of the molecule is Cc1ccc(-n2cccc2[C@@H]2[C@H](c3ccccn3)NC(=S)N2C2CCCC2)cc1C. The van der Waals surface area contributed by atoms with Crippen molar-refractivity contribution in [3.8, 4) is 5.69 Å². The first-order valence-corrected chi connectivity index (χ1v) is 11.3. The highest BCUT2D eigenvalue weighted by Crippen LogP contribution is 2.43. The maximum absolute atomic E-state index is 5.88. The van der Waals surface area contributed by atoms with Gasteiger partial charge in [0.2, 0.25) is 0 Å². The van der Waals surface area contributed by atoms with Crippen LogP contribution in [0.1, 0.15) is 60.3 Å². The van der Waals surface area contributed by atoms with Crippen LogP contribution in [-0.4, -0.2) is 25.6 Å². The molecule has 1 saturated carbocycles. The highest BCUT2D eigenvalue weighted by atomic mass is 32.1. The van der Waals surface area contributed by atoms with Gasteiger partial charge in [0.15, 0.2) is 5.11 Å². The van der Waals surface area contributed by atoms with Gasteiger partial charge >= 0.3 is 0 Å². The summed E-state index contributed by atoms with van der Waals surface area (Å²) in [5.74, 6) is 0. The highest BCUT2D eigenvalue weighted by molar-refractivity contribution is 7.80. The largest absolute Gasteiger partial charge is 0.352 e. The second-order valence-electron chi connectivity index (χ2n) is 8.54. The average molecular weight is 417 g/mol. The molecule has 1 aliphatic heterocycles. The molecule has 154 valence electrons. The summed E-state index contributed by atoms with van der Waals surface area (Å²) in [6.45, 7) is 4.34. The molecule has 0 unspecified atom stereocenters. The van der Waals surface area contributed by atoms with E-state index in [4.69, 9.17) is 12.2 Å². The van der Waals surface area contributed by atoms with Crippen LogP contribution in [0.2, 0.25) is 0 Å². The summed E-state index contributed by atoms with van der Waals surface area (Å²) in [7, 11) is 0. The van der Waals surface area contributed by atoms with Gasteiger partial charge in [-0.2, -0.15) is 0 Å². The zero-order valence-electron chi connectivity index (χ0n) is 17.6. The third kappa shape index (κ3) is 3.31. The van der Waals surface area contributed by atoms with Crippen molar-refractivity contribution in [2.45, 2.75) is 57.7 Å². The molecule has 4 nitrogen and oxygen atoms in total. The molecule has 1 aliphatic carbocycles. The standard InChI is InChI=1S/C25H28N4S/c1-17-12-13-20(16-18(17)2)28-15-7-11-22(28)24-23(21-10-5-6-14-26-21)27-25(30)29(24)19-8-3-4-9-19/h5-7,10-16,19,23-24H,3-4,8-9H2,1-2H3,(H,27,30)/t23-,24+/m0/s1. The average Bonchev–Trinajstić information content (AvgIpc) is 3.50. The van der Waals surface area contributed by atoms with E-state index in [-0.39, 0.29) is 12.1 Å². The van der Waals surface area contributed by atoms with E-state index in [1.54, 1.807) is 0 Å². The summed E-state index contributed by atoms with van der Waals surface area (Å²) >= 11 is 5.88. The maximum Gasteiger partial charge on any atom is 0.170 e. The quantitative estimate of drug-likeness (QED) is 0.577. The Morgan fingerprint density at radius 3 is 2.57 bits per heavy atom. The summed E-state index contributed by atoms with van der Waals surface area (Å²) in [6.07, 6.45) is 9.02. The minimum atomic E-state index is 0.0412. The van der Waals surface area contributed by atoms with Gasteiger partial charge in [0.25, 0.3) is 0 Å². The number of pyridine rings is 1. The van der Waals surface area contributed by atoms with Crippen molar-refractivity contribution < 1.29 is 0 Å². The first-order chi connectivity index (χ1) is 14.6. The van der Waals surface area contributed by atoms with Crippen LogP contribution in [0.5, 0.6) is 0 Å². The Kier molecular flexibility index (Phi) is 5.07. The number of benzene rings is 1. The Hall–Kier alpha value is -2.66. The molecule has 0 radical (unpaired) electrons. The van der Waals surface area contributed by atoms with Crippen molar-refractivity contribution >= 4 is 17.3 Å². The van der Waals surface area contributed by atoms with E-state index in [1.807, 2.05) is 12.3 Å². The van der Waals surface area contributed by atoms with Crippen LogP contribution in [0.15, 0.2) is 60.9 Å². The van der Waals surface area contributed by atoms with Crippen LogP contribution in [0.3, 0.4) is 0 Å². The molecule has 30 heavy (non-hydrogen) atoms. The first kappa shape index (κ1) is 19.3. The van der Waals surface area contributed by atoms with Crippen LogP contribution in [0.25, 0.3) is 5.69 Å². The maximum atomic E-state index is 5.88. The summed E-state index contributed by atoms with van der Waals surface area (Å²) in [4.78, 5) is 7.15. The van der Waals surface area contributed by atoms with Crippen molar-refractivity contribution in [2.75, 3.05) is 0 Å². The van der Waals surface area contributed by atoms with Crippen molar-refractivity contribution in [1.82, 2.24) is 19.8 Å². The minimum Gasteiger partial charge on any atom is -0.352 e. The summed E-state index contributed by atoms with van der Waals surface area (Å²) in [5.41, 5.74) is 6.12. The second kappa shape index (κ2) is 7.88. The number of nitrogens with one attached hydrogen (secondary N) is 1. The van der Waals surface area contributed by atoms with Gasteiger partial charge < -0.3 is 14.8 Å². The molecule has 5 heteroatoms. The highest BCUT2D eigenvalue weighted by Gasteiger charge is 2.44. The first-order valence-electron chi connectivity index (χ1n) is 10.9. The Morgan fingerprint density at radius 2 is 1.83 bits per heavy atom. The molecule has 0 spiro atoms. The predicted octanol–water partition coefficient (Wildman–Crippen LogP) is 5.40. The molecule has 2 fully saturated rings. The lowest BCUT2D eigenvalue weighted by molar-refractivity contribution is 0.239. The lowest BCUT2D eigenvalue weighted by Crippen LogP contribution is -2.38. The van der Waals surface area contributed by atoms with Crippen LogP contribution >= 0.6 is 12.2 Å². The van der Waals surface area contributed by atoms with Gasteiger partial charge in [-0.3, -0.25) is 4.98 Å². The van der Waals surface area contributed by atoms with Gasteiger partial charge in [-0.05, 0) is 86.4 Å². The minimum absolute atomic E-state index is 0.0412. The Labute approximate surface area is 183 Å². The monoisotopic (exact) mass is 416 g/mol. The fourth-order valence-corrected chi connectivity index (χ4v) is 5.39. The van der Waals surface area contributed by atoms with Crippen LogP contribution in [0, 0.1) is 13.8 Å². The summed E-state index contributed by atoms with van der Waals surface area (Å²) in [5, 5.41) is 4.47. The van der Waals surface area contributed by atoms with Crippen molar-refractivity contribution in [2.24, 2.45) is 0 Å². The number of nitrogens with zero attached hydrogens (tertiary/aromatic N) is 3. The molecule has 0 bridgehead atoms. The molecule has 2 aromatic heterocycles. The lowest BCUT2D eigenvalue weighted by Gasteiger charge is -2.33. The van der Waals surface area contributed by atoms with Crippen molar-refractivity contribution in [3.05, 3.63) is 83.4 Å². The van der Waals surface area contributed by atoms with Gasteiger partial charge in [-0.1, -0.05) is 25.0 Å². The number of rotatable bonds is 4. The van der Waals surface area contributed by atoms with Gasteiger partial charge in [0.05, 0.1) is 17.8 Å². The Bertz CT molecular complexity index is 1050. The molecule has 3 heterocycles. The van der Waals surface area contributed by atoms with E-state index < -0.39 is 0 Å². The van der Waals surface area contributed by atoms with E-state index in [0.717, 1.165) is 10.8 Å². The molecule has 1 N–H and O–H groups in total. The molecule has 2 atom stereocenters. The topological polar surface area (TPSA) is 33.1 Å². The number of aromatic nitrogens is 2. The number of aryl methyl sites for hydroxylation is 2. The van der Waals surface area contributed by atoms with E-state index >= 15 is 0 Å². The molecule has 3 aromatic rings. The molecular formula is C25H28N4S. The van der Waals surface area contributed by atoms with Crippen LogP contribution in [-0.2, 0) is 0 Å². The number of thiocarbonyl (C=S) groups is 1. The Balaban J connectivity index is 1.62.